The maximum Gasteiger partial charge on any atom is 0.224 e. The molecule has 5 heteroatoms. The second kappa shape index (κ2) is 6.54. The molecule has 1 fully saturated rings. The average molecular weight is 313 g/mol. The first kappa shape index (κ1) is 15.7. The van der Waals surface area contributed by atoms with Crippen LogP contribution in [-0.2, 0) is 23.0 Å². The summed E-state index contributed by atoms with van der Waals surface area (Å²) < 4.78 is 7.55. The molecule has 2 heterocycles. The molecule has 0 spiro atoms. The van der Waals surface area contributed by atoms with Gasteiger partial charge in [-0.2, -0.15) is 5.10 Å². The van der Waals surface area contributed by atoms with Crippen molar-refractivity contribution < 1.29 is 9.53 Å². The molecule has 0 aliphatic carbocycles. The van der Waals surface area contributed by atoms with Crippen LogP contribution in [0.3, 0.4) is 0 Å². The lowest BCUT2D eigenvalue weighted by Crippen LogP contribution is -2.37. The van der Waals surface area contributed by atoms with Gasteiger partial charge in [0.1, 0.15) is 6.10 Å². The molecule has 2 atom stereocenters. The molecule has 0 bridgehead atoms. The van der Waals surface area contributed by atoms with Gasteiger partial charge in [0, 0.05) is 25.4 Å². The van der Waals surface area contributed by atoms with Gasteiger partial charge in [0.15, 0.2) is 0 Å². The fourth-order valence-corrected chi connectivity index (χ4v) is 3.07. The number of amides is 1. The maximum atomic E-state index is 12.4. The third-order valence-electron chi connectivity index (χ3n) is 4.35. The Morgan fingerprint density at radius 1 is 1.43 bits per heavy atom. The monoisotopic (exact) mass is 313 g/mol. The Morgan fingerprint density at radius 2 is 2.26 bits per heavy atom. The average Bonchev–Trinajstić information content (AvgIpc) is 3.11. The minimum atomic E-state index is -0.105. The molecule has 5 nitrogen and oxygen atoms in total. The number of aryl methyl sites for hydroxylation is 3. The number of hydrogen-bond donors (Lipinski definition) is 1. The summed E-state index contributed by atoms with van der Waals surface area (Å²) in [5, 5.41) is 7.32. The lowest BCUT2D eigenvalue weighted by Gasteiger charge is -2.19. The van der Waals surface area contributed by atoms with Crippen LogP contribution in [0.4, 0.5) is 0 Å². The molecule has 23 heavy (non-hydrogen) atoms. The van der Waals surface area contributed by atoms with Crippen LogP contribution in [0.15, 0.2) is 30.6 Å². The van der Waals surface area contributed by atoms with Crippen LogP contribution in [0.2, 0.25) is 0 Å². The summed E-state index contributed by atoms with van der Waals surface area (Å²) in [6, 6.07) is 6.23. The van der Waals surface area contributed by atoms with Crippen molar-refractivity contribution in [3.8, 4) is 0 Å². The van der Waals surface area contributed by atoms with Crippen LogP contribution in [-0.4, -0.2) is 28.3 Å². The standard InChI is InChI=1S/C18H23N3O2/c1-12-4-5-13(2)14(8-12)9-17(22)20-16-6-7-23-18(16)15-10-19-21(3)11-15/h4-5,8,10-11,16,18H,6-7,9H2,1-3H3,(H,20,22)/t16-,18+/m0/s1. The van der Waals surface area contributed by atoms with Crippen LogP contribution in [0, 0.1) is 13.8 Å². The molecule has 2 aromatic rings. The lowest BCUT2D eigenvalue weighted by molar-refractivity contribution is -0.121. The van der Waals surface area contributed by atoms with Gasteiger partial charge in [0.25, 0.3) is 0 Å². The van der Waals surface area contributed by atoms with Gasteiger partial charge in [-0.3, -0.25) is 9.48 Å². The molecule has 122 valence electrons. The van der Waals surface area contributed by atoms with E-state index in [1.54, 1.807) is 10.9 Å². The van der Waals surface area contributed by atoms with E-state index in [9.17, 15) is 4.79 Å². The van der Waals surface area contributed by atoms with E-state index < -0.39 is 0 Å². The van der Waals surface area contributed by atoms with Crippen LogP contribution in [0.1, 0.15) is 34.8 Å². The minimum Gasteiger partial charge on any atom is -0.371 e. The number of nitrogens with one attached hydrogen (secondary N) is 1. The van der Waals surface area contributed by atoms with Crippen molar-refractivity contribution in [1.29, 1.82) is 0 Å². The zero-order chi connectivity index (χ0) is 16.4. The van der Waals surface area contributed by atoms with Gasteiger partial charge in [-0.1, -0.05) is 23.8 Å². The molecule has 3 rings (SSSR count). The van der Waals surface area contributed by atoms with Crippen molar-refractivity contribution >= 4 is 5.91 Å². The number of benzene rings is 1. The summed E-state index contributed by atoms with van der Waals surface area (Å²) >= 11 is 0. The molecule has 1 aliphatic heterocycles. The SMILES string of the molecule is Cc1ccc(C)c(CC(=O)N[C@H]2CCO[C@@H]2c2cnn(C)c2)c1. The van der Waals surface area contributed by atoms with E-state index in [4.69, 9.17) is 4.74 Å². The highest BCUT2D eigenvalue weighted by Gasteiger charge is 2.31. The van der Waals surface area contributed by atoms with E-state index in [1.807, 2.05) is 27.1 Å². The first-order valence-electron chi connectivity index (χ1n) is 7.98. The molecule has 1 amide bonds. The Hall–Kier alpha value is -2.14. The Morgan fingerprint density at radius 3 is 3.00 bits per heavy atom. The summed E-state index contributed by atoms with van der Waals surface area (Å²) in [6.45, 7) is 4.75. The van der Waals surface area contributed by atoms with Crippen molar-refractivity contribution in [3.05, 3.63) is 52.8 Å². The second-order valence-corrected chi connectivity index (χ2v) is 6.31. The predicted octanol–water partition coefficient (Wildman–Crippen LogP) is 2.23. The number of nitrogens with zero attached hydrogens (tertiary/aromatic N) is 2. The highest BCUT2D eigenvalue weighted by molar-refractivity contribution is 5.79. The molecule has 1 aliphatic rings. The number of ether oxygens (including phenoxy) is 1. The van der Waals surface area contributed by atoms with Crippen LogP contribution in [0.5, 0.6) is 0 Å². The molecule has 1 aromatic heterocycles. The first-order chi connectivity index (χ1) is 11.0. The largest absolute Gasteiger partial charge is 0.371 e. The molecule has 0 unspecified atom stereocenters. The summed E-state index contributed by atoms with van der Waals surface area (Å²) in [5.41, 5.74) is 4.43. The number of rotatable bonds is 4. The van der Waals surface area contributed by atoms with Crippen LogP contribution < -0.4 is 5.32 Å². The summed E-state index contributed by atoms with van der Waals surface area (Å²) in [6.07, 6.45) is 4.88. The highest BCUT2D eigenvalue weighted by Crippen LogP contribution is 2.28. The predicted molar refractivity (Wildman–Crippen MR) is 88.1 cm³/mol. The number of carbonyl (C=O) groups is 1. The summed E-state index contributed by atoms with van der Waals surface area (Å²) in [7, 11) is 1.88. The second-order valence-electron chi connectivity index (χ2n) is 6.31. The van der Waals surface area contributed by atoms with Gasteiger partial charge in [0.05, 0.1) is 18.7 Å². The van der Waals surface area contributed by atoms with Gasteiger partial charge in [-0.15, -0.1) is 0 Å². The van der Waals surface area contributed by atoms with Crippen molar-refractivity contribution in [3.63, 3.8) is 0 Å². The number of aromatic nitrogens is 2. The molecular formula is C18H23N3O2. The smallest absolute Gasteiger partial charge is 0.224 e. The molecule has 0 radical (unpaired) electrons. The van der Waals surface area contributed by atoms with Gasteiger partial charge in [-0.05, 0) is 31.4 Å². The van der Waals surface area contributed by atoms with Gasteiger partial charge < -0.3 is 10.1 Å². The number of hydrogen-bond acceptors (Lipinski definition) is 3. The highest BCUT2D eigenvalue weighted by atomic mass is 16.5. The van der Waals surface area contributed by atoms with E-state index in [0.29, 0.717) is 13.0 Å². The molecule has 1 saturated heterocycles. The zero-order valence-corrected chi connectivity index (χ0v) is 13.9. The van der Waals surface area contributed by atoms with E-state index >= 15 is 0 Å². The minimum absolute atomic E-state index is 0.0109. The molecular weight excluding hydrogens is 290 g/mol. The van der Waals surface area contributed by atoms with Crippen molar-refractivity contribution in [2.24, 2.45) is 7.05 Å². The van der Waals surface area contributed by atoms with Crippen molar-refractivity contribution in [2.75, 3.05) is 6.61 Å². The summed E-state index contributed by atoms with van der Waals surface area (Å²) in [4.78, 5) is 12.4. The normalized spacial score (nSPS) is 20.7. The quantitative estimate of drug-likeness (QED) is 0.941. The Kier molecular flexibility index (Phi) is 4.48. The molecule has 1 N–H and O–H groups in total. The molecule has 1 aromatic carbocycles. The first-order valence-corrected chi connectivity index (χ1v) is 7.98. The topological polar surface area (TPSA) is 56.1 Å². The third-order valence-corrected chi connectivity index (χ3v) is 4.35. The van der Waals surface area contributed by atoms with Gasteiger partial charge in [-0.25, -0.2) is 0 Å². The van der Waals surface area contributed by atoms with E-state index in [0.717, 1.165) is 23.1 Å². The van der Waals surface area contributed by atoms with E-state index in [2.05, 4.69) is 28.6 Å². The third kappa shape index (κ3) is 3.62. The fourth-order valence-electron chi connectivity index (χ4n) is 3.07. The Bertz CT molecular complexity index is 708. The lowest BCUT2D eigenvalue weighted by atomic mass is 10.0. The zero-order valence-electron chi connectivity index (χ0n) is 13.9. The number of carbonyl (C=O) groups excluding carboxylic acids is 1. The Labute approximate surface area is 136 Å². The molecule has 0 saturated carbocycles. The van der Waals surface area contributed by atoms with Crippen LogP contribution in [0.25, 0.3) is 0 Å². The van der Waals surface area contributed by atoms with E-state index in [-0.39, 0.29) is 18.1 Å². The van der Waals surface area contributed by atoms with E-state index in [1.165, 1.54) is 5.56 Å². The Balaban J connectivity index is 1.66. The maximum absolute atomic E-state index is 12.4. The fraction of sp³-hybridized carbons (Fsp3) is 0.444. The van der Waals surface area contributed by atoms with Gasteiger partial charge in [0.2, 0.25) is 5.91 Å². The van der Waals surface area contributed by atoms with Gasteiger partial charge >= 0.3 is 0 Å². The van der Waals surface area contributed by atoms with Crippen molar-refractivity contribution in [1.82, 2.24) is 15.1 Å². The summed E-state index contributed by atoms with van der Waals surface area (Å²) in [5.74, 6) is 0.0445. The van der Waals surface area contributed by atoms with Crippen molar-refractivity contribution in [2.45, 2.75) is 38.8 Å². The van der Waals surface area contributed by atoms with Crippen LogP contribution >= 0.6 is 0 Å².